The van der Waals surface area contributed by atoms with Gasteiger partial charge >= 0.3 is 5.97 Å². The maximum absolute atomic E-state index is 12.8. The standard InChI is InChI=1S/C27H36N2O6/c1-15(2)11-22(29)27(30)35-17-8-9-18-20(14-24(32-4)26(34-6)25(18)33-5)19(13-17)16-7-10-23(31-3)21(28)12-16/h7,10,12-15,17,22H,8-9,11,28-29H2,1-6H3/t17-,22?/m0/s1. The molecule has 4 N–H and O–H groups in total. The highest BCUT2D eigenvalue weighted by Crippen LogP contribution is 2.47. The Hall–Kier alpha value is -3.39. The zero-order valence-corrected chi connectivity index (χ0v) is 21.3. The summed E-state index contributed by atoms with van der Waals surface area (Å²) in [5, 5.41) is 0. The molecule has 0 bridgehead atoms. The number of ether oxygens (including phenoxy) is 5. The lowest BCUT2D eigenvalue weighted by Gasteiger charge is -2.20. The molecule has 0 aliphatic heterocycles. The molecule has 2 aromatic carbocycles. The molecule has 0 amide bonds. The summed E-state index contributed by atoms with van der Waals surface area (Å²) in [7, 11) is 6.32. The molecule has 0 fully saturated rings. The van der Waals surface area contributed by atoms with Crippen LogP contribution in [-0.4, -0.2) is 46.6 Å². The summed E-state index contributed by atoms with van der Waals surface area (Å²) in [5.41, 5.74) is 16.3. The van der Waals surface area contributed by atoms with Gasteiger partial charge in [0.05, 0.1) is 34.1 Å². The van der Waals surface area contributed by atoms with Crippen LogP contribution in [0.1, 0.15) is 43.4 Å². The minimum atomic E-state index is -0.677. The van der Waals surface area contributed by atoms with E-state index < -0.39 is 18.1 Å². The SMILES string of the molecule is COc1ccc(C2=C[C@@H](OC(=O)C(N)CC(C)C)CCc3c2cc(OC)c(OC)c3OC)cc1N. The molecular weight excluding hydrogens is 448 g/mol. The van der Waals surface area contributed by atoms with E-state index in [0.29, 0.717) is 47.9 Å². The second kappa shape index (κ2) is 11.4. The van der Waals surface area contributed by atoms with Gasteiger partial charge < -0.3 is 35.2 Å². The van der Waals surface area contributed by atoms with Gasteiger partial charge in [0.25, 0.3) is 0 Å². The summed E-state index contributed by atoms with van der Waals surface area (Å²) >= 11 is 0. The van der Waals surface area contributed by atoms with E-state index in [9.17, 15) is 4.79 Å². The van der Waals surface area contributed by atoms with Crippen molar-refractivity contribution in [2.45, 2.75) is 45.3 Å². The summed E-state index contributed by atoms with van der Waals surface area (Å²) in [6, 6.07) is 6.81. The molecule has 3 rings (SSSR count). The molecule has 0 spiro atoms. The highest BCUT2D eigenvalue weighted by atomic mass is 16.5. The Labute approximate surface area is 207 Å². The van der Waals surface area contributed by atoms with Crippen molar-refractivity contribution in [1.82, 2.24) is 0 Å². The largest absolute Gasteiger partial charge is 0.495 e. The summed E-state index contributed by atoms with van der Waals surface area (Å²) in [5.74, 6) is 2.07. The quantitative estimate of drug-likeness (QED) is 0.406. The van der Waals surface area contributed by atoms with Gasteiger partial charge in [-0.05, 0) is 66.2 Å². The van der Waals surface area contributed by atoms with Crippen LogP contribution < -0.4 is 30.4 Å². The number of nitrogen functional groups attached to an aromatic ring is 1. The van der Waals surface area contributed by atoms with E-state index >= 15 is 0 Å². The van der Waals surface area contributed by atoms with Crippen LogP contribution in [0.3, 0.4) is 0 Å². The maximum Gasteiger partial charge on any atom is 0.323 e. The summed E-state index contributed by atoms with van der Waals surface area (Å²) in [6.07, 6.45) is 3.14. The van der Waals surface area contributed by atoms with E-state index in [0.717, 1.165) is 22.3 Å². The Kier molecular flexibility index (Phi) is 8.51. The van der Waals surface area contributed by atoms with Gasteiger partial charge in [-0.1, -0.05) is 19.9 Å². The number of carbonyl (C=O) groups excluding carboxylic acids is 1. The van der Waals surface area contributed by atoms with Gasteiger partial charge in [-0.3, -0.25) is 4.79 Å². The number of rotatable bonds is 9. The van der Waals surface area contributed by atoms with Crippen LogP contribution in [0.25, 0.3) is 5.57 Å². The fourth-order valence-corrected chi connectivity index (χ4v) is 4.44. The third kappa shape index (κ3) is 5.65. The van der Waals surface area contributed by atoms with Gasteiger partial charge in [0.15, 0.2) is 11.5 Å². The van der Waals surface area contributed by atoms with E-state index in [4.69, 9.17) is 35.2 Å². The number of hydrogen-bond donors (Lipinski definition) is 2. The fourth-order valence-electron chi connectivity index (χ4n) is 4.44. The van der Waals surface area contributed by atoms with Crippen molar-refractivity contribution < 1.29 is 28.5 Å². The molecule has 0 saturated carbocycles. The second-order valence-corrected chi connectivity index (χ2v) is 8.96. The van der Waals surface area contributed by atoms with Gasteiger partial charge in [0.2, 0.25) is 5.75 Å². The smallest absolute Gasteiger partial charge is 0.323 e. The topological polar surface area (TPSA) is 115 Å². The third-order valence-electron chi connectivity index (χ3n) is 6.09. The molecule has 2 aromatic rings. The van der Waals surface area contributed by atoms with Crippen LogP contribution in [0.5, 0.6) is 23.0 Å². The van der Waals surface area contributed by atoms with Crippen molar-refractivity contribution in [2.24, 2.45) is 11.7 Å². The number of esters is 1. The highest BCUT2D eigenvalue weighted by molar-refractivity contribution is 5.87. The average Bonchev–Trinajstić information content (AvgIpc) is 3.01. The summed E-state index contributed by atoms with van der Waals surface area (Å²) in [4.78, 5) is 12.8. The van der Waals surface area contributed by atoms with E-state index in [1.54, 1.807) is 28.4 Å². The normalized spacial score (nSPS) is 16.0. The minimum absolute atomic E-state index is 0.286. The van der Waals surface area contributed by atoms with Gasteiger partial charge in [0.1, 0.15) is 17.9 Å². The molecule has 0 aromatic heterocycles. The Bertz CT molecular complexity index is 1100. The zero-order valence-electron chi connectivity index (χ0n) is 21.3. The molecule has 2 atom stereocenters. The van der Waals surface area contributed by atoms with Crippen molar-refractivity contribution in [3.63, 3.8) is 0 Å². The lowest BCUT2D eigenvalue weighted by molar-refractivity contribution is -0.149. The number of benzene rings is 2. The predicted octanol–water partition coefficient (Wildman–Crippen LogP) is 3.97. The number of nitrogens with two attached hydrogens (primary N) is 2. The molecule has 0 radical (unpaired) electrons. The number of hydrogen-bond acceptors (Lipinski definition) is 8. The second-order valence-electron chi connectivity index (χ2n) is 8.96. The van der Waals surface area contributed by atoms with Gasteiger partial charge in [0, 0.05) is 5.56 Å². The first kappa shape index (κ1) is 26.2. The molecule has 1 unspecified atom stereocenters. The van der Waals surface area contributed by atoms with Crippen LogP contribution in [0.15, 0.2) is 30.3 Å². The Balaban J connectivity index is 2.15. The number of methoxy groups -OCH3 is 4. The van der Waals surface area contributed by atoms with Crippen LogP contribution in [0, 0.1) is 5.92 Å². The van der Waals surface area contributed by atoms with Gasteiger partial charge in [-0.15, -0.1) is 0 Å². The fraction of sp³-hybridized carbons (Fsp3) is 0.444. The molecule has 8 nitrogen and oxygen atoms in total. The lowest BCUT2D eigenvalue weighted by Crippen LogP contribution is -2.35. The van der Waals surface area contributed by atoms with E-state index in [1.165, 1.54) is 0 Å². The van der Waals surface area contributed by atoms with Gasteiger partial charge in [-0.2, -0.15) is 0 Å². The van der Waals surface area contributed by atoms with Crippen molar-refractivity contribution in [3.05, 3.63) is 47.0 Å². The van der Waals surface area contributed by atoms with E-state index in [2.05, 4.69) is 0 Å². The monoisotopic (exact) mass is 484 g/mol. The Morgan fingerprint density at radius 1 is 1.00 bits per heavy atom. The van der Waals surface area contributed by atoms with Crippen molar-refractivity contribution in [1.29, 1.82) is 0 Å². The lowest BCUT2D eigenvalue weighted by atomic mass is 9.92. The third-order valence-corrected chi connectivity index (χ3v) is 6.09. The molecule has 190 valence electrons. The van der Waals surface area contributed by atoms with Crippen LogP contribution in [-0.2, 0) is 16.0 Å². The maximum atomic E-state index is 12.8. The average molecular weight is 485 g/mol. The minimum Gasteiger partial charge on any atom is -0.495 e. The molecule has 0 saturated heterocycles. The molecule has 35 heavy (non-hydrogen) atoms. The molecule has 8 heteroatoms. The van der Waals surface area contributed by atoms with Crippen molar-refractivity contribution >= 4 is 17.2 Å². The van der Waals surface area contributed by atoms with Crippen molar-refractivity contribution in [2.75, 3.05) is 34.2 Å². The molecule has 0 heterocycles. The molecule has 1 aliphatic rings. The predicted molar refractivity (Wildman–Crippen MR) is 136 cm³/mol. The van der Waals surface area contributed by atoms with E-state index in [-0.39, 0.29) is 5.92 Å². The first-order valence-corrected chi connectivity index (χ1v) is 11.7. The summed E-state index contributed by atoms with van der Waals surface area (Å²) < 4.78 is 28.2. The van der Waals surface area contributed by atoms with Crippen molar-refractivity contribution in [3.8, 4) is 23.0 Å². The van der Waals surface area contributed by atoms with Crippen LogP contribution in [0.2, 0.25) is 0 Å². The number of carbonyl (C=O) groups is 1. The molecule has 1 aliphatic carbocycles. The Morgan fingerprint density at radius 3 is 2.26 bits per heavy atom. The number of fused-ring (bicyclic) bond motifs is 1. The molecular formula is C27H36N2O6. The summed E-state index contributed by atoms with van der Waals surface area (Å²) in [6.45, 7) is 4.04. The van der Waals surface area contributed by atoms with Crippen LogP contribution in [0.4, 0.5) is 5.69 Å². The highest BCUT2D eigenvalue weighted by Gasteiger charge is 2.29. The zero-order chi connectivity index (χ0) is 25.7. The van der Waals surface area contributed by atoms with Crippen LogP contribution >= 0.6 is 0 Å². The van der Waals surface area contributed by atoms with E-state index in [1.807, 2.05) is 44.2 Å². The van der Waals surface area contributed by atoms with Gasteiger partial charge in [-0.25, -0.2) is 0 Å². The first-order valence-electron chi connectivity index (χ1n) is 11.7. The number of anilines is 1. The first-order chi connectivity index (χ1) is 16.7. The Morgan fingerprint density at radius 2 is 1.69 bits per heavy atom.